The van der Waals surface area contributed by atoms with Crippen LogP contribution in [0.5, 0.6) is 0 Å². The zero-order chi connectivity index (χ0) is 10.5. The van der Waals surface area contributed by atoms with Crippen molar-refractivity contribution in [2.45, 2.75) is 6.54 Å². The Kier molecular flexibility index (Phi) is 3.10. The molecule has 1 N–H and O–H groups in total. The van der Waals surface area contributed by atoms with Crippen molar-refractivity contribution in [3.8, 4) is 11.3 Å². The second kappa shape index (κ2) is 4.71. The zero-order valence-corrected chi connectivity index (χ0v) is 8.77. The van der Waals surface area contributed by atoms with Gasteiger partial charge in [0.05, 0.1) is 5.69 Å². The third-order valence-electron chi connectivity index (χ3n) is 2.27. The molecule has 76 valence electrons. The molecular weight excluding hydrogens is 184 g/mol. The number of hydrogen-bond acceptors (Lipinski definition) is 2. The summed E-state index contributed by atoms with van der Waals surface area (Å²) in [6.07, 6.45) is 1.82. The molecular formula is C13H14N2. The Morgan fingerprint density at radius 1 is 1.13 bits per heavy atom. The Labute approximate surface area is 90.0 Å². The first-order valence-electron chi connectivity index (χ1n) is 5.05. The van der Waals surface area contributed by atoms with Gasteiger partial charge in [-0.1, -0.05) is 24.3 Å². The van der Waals surface area contributed by atoms with Crippen LogP contribution in [0.1, 0.15) is 5.56 Å². The van der Waals surface area contributed by atoms with Crippen molar-refractivity contribution in [3.63, 3.8) is 0 Å². The first-order valence-corrected chi connectivity index (χ1v) is 5.05. The quantitative estimate of drug-likeness (QED) is 0.819. The number of nitrogens with one attached hydrogen (secondary N) is 1. The molecule has 1 aromatic heterocycles. The van der Waals surface area contributed by atoms with E-state index in [1.165, 1.54) is 11.1 Å². The van der Waals surface area contributed by atoms with Gasteiger partial charge in [0.15, 0.2) is 0 Å². The van der Waals surface area contributed by atoms with Gasteiger partial charge in [0.1, 0.15) is 0 Å². The van der Waals surface area contributed by atoms with Gasteiger partial charge in [-0.25, -0.2) is 0 Å². The van der Waals surface area contributed by atoms with Crippen LogP contribution in [-0.2, 0) is 6.54 Å². The average molecular weight is 198 g/mol. The molecule has 2 nitrogen and oxygen atoms in total. The van der Waals surface area contributed by atoms with E-state index in [0.717, 1.165) is 12.2 Å². The highest BCUT2D eigenvalue weighted by Gasteiger charge is 1.98. The van der Waals surface area contributed by atoms with E-state index in [0.29, 0.717) is 0 Å². The molecule has 0 spiro atoms. The van der Waals surface area contributed by atoms with Crippen molar-refractivity contribution in [1.29, 1.82) is 0 Å². The number of pyridine rings is 1. The highest BCUT2D eigenvalue weighted by atomic mass is 14.8. The van der Waals surface area contributed by atoms with Crippen LogP contribution in [0.25, 0.3) is 11.3 Å². The Morgan fingerprint density at radius 3 is 2.80 bits per heavy atom. The maximum atomic E-state index is 4.33. The number of nitrogens with zero attached hydrogens (tertiary/aromatic N) is 1. The van der Waals surface area contributed by atoms with Crippen LogP contribution in [0.15, 0.2) is 48.7 Å². The Bertz CT molecular complexity index is 424. The normalized spacial score (nSPS) is 10.2. The second-order valence-corrected chi connectivity index (χ2v) is 3.45. The predicted molar refractivity (Wildman–Crippen MR) is 62.4 cm³/mol. The number of rotatable bonds is 3. The molecule has 0 saturated carbocycles. The minimum atomic E-state index is 0.890. The molecule has 0 unspecified atom stereocenters. The molecule has 0 bridgehead atoms. The minimum Gasteiger partial charge on any atom is -0.316 e. The van der Waals surface area contributed by atoms with Crippen LogP contribution >= 0.6 is 0 Å². The summed E-state index contributed by atoms with van der Waals surface area (Å²) in [5.74, 6) is 0. The molecule has 0 fully saturated rings. The lowest BCUT2D eigenvalue weighted by atomic mass is 10.1. The molecule has 1 aromatic carbocycles. The van der Waals surface area contributed by atoms with Crippen molar-refractivity contribution in [2.75, 3.05) is 7.05 Å². The molecule has 15 heavy (non-hydrogen) atoms. The van der Waals surface area contributed by atoms with Gasteiger partial charge in [0.2, 0.25) is 0 Å². The number of hydrogen-bond donors (Lipinski definition) is 1. The first-order chi connectivity index (χ1) is 7.40. The van der Waals surface area contributed by atoms with Gasteiger partial charge in [0, 0.05) is 18.3 Å². The van der Waals surface area contributed by atoms with Crippen LogP contribution in [0.3, 0.4) is 0 Å². The molecule has 1 heterocycles. The summed E-state index contributed by atoms with van der Waals surface area (Å²) in [7, 11) is 1.95. The highest BCUT2D eigenvalue weighted by molar-refractivity contribution is 5.59. The van der Waals surface area contributed by atoms with Crippen LogP contribution in [0, 0.1) is 0 Å². The van der Waals surface area contributed by atoms with E-state index in [2.05, 4.69) is 34.6 Å². The minimum absolute atomic E-state index is 0.890. The summed E-state index contributed by atoms with van der Waals surface area (Å²) in [6.45, 7) is 0.890. The largest absolute Gasteiger partial charge is 0.316 e. The Hall–Kier alpha value is -1.67. The van der Waals surface area contributed by atoms with Gasteiger partial charge in [-0.2, -0.15) is 0 Å². The van der Waals surface area contributed by atoms with Crippen molar-refractivity contribution < 1.29 is 0 Å². The SMILES string of the molecule is CNCc1cccc(-c2ccccn2)c1. The number of benzene rings is 1. The third-order valence-corrected chi connectivity index (χ3v) is 2.27. The Balaban J connectivity index is 2.33. The molecule has 0 radical (unpaired) electrons. The lowest BCUT2D eigenvalue weighted by Gasteiger charge is -2.04. The maximum Gasteiger partial charge on any atom is 0.0702 e. The van der Waals surface area contributed by atoms with Gasteiger partial charge in [-0.05, 0) is 30.8 Å². The van der Waals surface area contributed by atoms with Crippen LogP contribution < -0.4 is 5.32 Å². The van der Waals surface area contributed by atoms with E-state index in [9.17, 15) is 0 Å². The van der Waals surface area contributed by atoms with Gasteiger partial charge < -0.3 is 5.32 Å². The second-order valence-electron chi connectivity index (χ2n) is 3.45. The van der Waals surface area contributed by atoms with Crippen molar-refractivity contribution >= 4 is 0 Å². The van der Waals surface area contributed by atoms with E-state index in [1.807, 2.05) is 31.4 Å². The maximum absolute atomic E-state index is 4.33. The van der Waals surface area contributed by atoms with Crippen molar-refractivity contribution in [1.82, 2.24) is 10.3 Å². The van der Waals surface area contributed by atoms with Crippen molar-refractivity contribution in [2.24, 2.45) is 0 Å². The summed E-state index contributed by atoms with van der Waals surface area (Å²) in [5, 5.41) is 3.14. The molecule has 2 rings (SSSR count). The van der Waals surface area contributed by atoms with Gasteiger partial charge in [0.25, 0.3) is 0 Å². The predicted octanol–water partition coefficient (Wildman–Crippen LogP) is 2.47. The molecule has 0 aliphatic rings. The summed E-state index contributed by atoms with van der Waals surface area (Å²) < 4.78 is 0. The van der Waals surface area contributed by atoms with Gasteiger partial charge in [-0.3, -0.25) is 4.98 Å². The van der Waals surface area contributed by atoms with E-state index >= 15 is 0 Å². The lowest BCUT2D eigenvalue weighted by molar-refractivity contribution is 0.818. The Morgan fingerprint density at radius 2 is 2.07 bits per heavy atom. The van der Waals surface area contributed by atoms with Gasteiger partial charge >= 0.3 is 0 Å². The topological polar surface area (TPSA) is 24.9 Å². The molecule has 0 aliphatic heterocycles. The van der Waals surface area contributed by atoms with E-state index in [4.69, 9.17) is 0 Å². The molecule has 0 atom stereocenters. The fraction of sp³-hybridized carbons (Fsp3) is 0.154. The summed E-state index contributed by atoms with van der Waals surface area (Å²) in [5.41, 5.74) is 3.47. The van der Waals surface area contributed by atoms with E-state index in [1.54, 1.807) is 0 Å². The molecule has 0 aliphatic carbocycles. The summed E-state index contributed by atoms with van der Waals surface area (Å²) in [6, 6.07) is 14.4. The molecule has 0 saturated heterocycles. The number of aromatic nitrogens is 1. The zero-order valence-electron chi connectivity index (χ0n) is 8.77. The molecule has 2 aromatic rings. The van der Waals surface area contributed by atoms with Crippen LogP contribution in [0.2, 0.25) is 0 Å². The monoisotopic (exact) mass is 198 g/mol. The first kappa shape index (κ1) is 9.87. The fourth-order valence-corrected chi connectivity index (χ4v) is 1.58. The molecule has 0 amide bonds. The third kappa shape index (κ3) is 2.42. The standard InChI is InChI=1S/C13H14N2/c1-14-10-11-5-4-6-12(9-11)13-7-2-3-8-15-13/h2-9,14H,10H2,1H3. The van der Waals surface area contributed by atoms with Crippen LogP contribution in [-0.4, -0.2) is 12.0 Å². The molecule has 2 heteroatoms. The fourth-order valence-electron chi connectivity index (χ4n) is 1.58. The van der Waals surface area contributed by atoms with Crippen molar-refractivity contribution in [3.05, 3.63) is 54.2 Å². The van der Waals surface area contributed by atoms with Gasteiger partial charge in [-0.15, -0.1) is 0 Å². The summed E-state index contributed by atoms with van der Waals surface area (Å²) in [4.78, 5) is 4.33. The lowest BCUT2D eigenvalue weighted by Crippen LogP contribution is -2.04. The highest BCUT2D eigenvalue weighted by Crippen LogP contribution is 2.17. The van der Waals surface area contributed by atoms with E-state index in [-0.39, 0.29) is 0 Å². The summed E-state index contributed by atoms with van der Waals surface area (Å²) >= 11 is 0. The smallest absolute Gasteiger partial charge is 0.0702 e. The average Bonchev–Trinajstić information content (AvgIpc) is 2.31. The van der Waals surface area contributed by atoms with E-state index < -0.39 is 0 Å². The van der Waals surface area contributed by atoms with Crippen LogP contribution in [0.4, 0.5) is 0 Å².